The Kier molecular flexibility index (Phi) is 3.70. The first kappa shape index (κ1) is 14.5. The molecule has 0 aliphatic carbocycles. The molecule has 0 saturated carbocycles. The van der Waals surface area contributed by atoms with Gasteiger partial charge in [-0.15, -0.1) is 11.3 Å². The third-order valence-corrected chi connectivity index (χ3v) is 5.36. The second kappa shape index (κ2) is 5.86. The molecule has 8 heteroatoms. The Morgan fingerprint density at radius 2 is 2.22 bits per heavy atom. The molecule has 0 spiro atoms. The van der Waals surface area contributed by atoms with E-state index in [0.717, 1.165) is 23.7 Å². The van der Waals surface area contributed by atoms with E-state index in [2.05, 4.69) is 38.8 Å². The van der Waals surface area contributed by atoms with Crippen molar-refractivity contribution in [2.24, 2.45) is 0 Å². The summed E-state index contributed by atoms with van der Waals surface area (Å²) in [5, 5.41) is 5.34. The minimum Gasteiger partial charge on any atom is -0.373 e. The first-order valence-electron chi connectivity index (χ1n) is 7.62. The molecule has 3 aromatic rings. The van der Waals surface area contributed by atoms with Gasteiger partial charge in [0.2, 0.25) is 0 Å². The van der Waals surface area contributed by atoms with Gasteiger partial charge in [0.25, 0.3) is 0 Å². The van der Waals surface area contributed by atoms with E-state index in [0.29, 0.717) is 13.2 Å². The third-order valence-electron chi connectivity index (χ3n) is 4.24. The molecule has 1 aliphatic heterocycles. The molecule has 4 heterocycles. The number of nitrogens with zero attached hydrogens (tertiary/aromatic N) is 6. The maximum absolute atomic E-state index is 5.88. The molecule has 120 valence electrons. The van der Waals surface area contributed by atoms with Crippen molar-refractivity contribution in [3.8, 4) is 0 Å². The lowest BCUT2D eigenvalue weighted by Crippen LogP contribution is -2.44. The maximum atomic E-state index is 5.88. The highest BCUT2D eigenvalue weighted by Gasteiger charge is 2.25. The van der Waals surface area contributed by atoms with Gasteiger partial charge in [0, 0.05) is 18.0 Å². The Morgan fingerprint density at radius 1 is 1.30 bits per heavy atom. The van der Waals surface area contributed by atoms with Crippen molar-refractivity contribution < 1.29 is 4.74 Å². The molecule has 4 rings (SSSR count). The first-order valence-corrected chi connectivity index (χ1v) is 8.43. The van der Waals surface area contributed by atoms with Crippen LogP contribution >= 0.6 is 11.3 Å². The molecule has 1 unspecified atom stereocenters. The van der Waals surface area contributed by atoms with Gasteiger partial charge >= 0.3 is 0 Å². The van der Waals surface area contributed by atoms with Gasteiger partial charge in [-0.2, -0.15) is 5.10 Å². The van der Waals surface area contributed by atoms with Gasteiger partial charge in [0.15, 0.2) is 0 Å². The van der Waals surface area contributed by atoms with Crippen molar-refractivity contribution in [3.63, 3.8) is 0 Å². The zero-order valence-corrected chi connectivity index (χ0v) is 14.0. The SMILES string of the molecule is Cc1sc2ncnc(N3CCOC(Cn4cncn4)C3)c2c1C. The average Bonchev–Trinajstić information content (AvgIpc) is 3.16. The summed E-state index contributed by atoms with van der Waals surface area (Å²) < 4.78 is 7.69. The second-order valence-corrected chi connectivity index (χ2v) is 6.92. The summed E-state index contributed by atoms with van der Waals surface area (Å²) in [6, 6.07) is 0. The Balaban J connectivity index is 1.62. The molecule has 0 radical (unpaired) electrons. The highest BCUT2D eigenvalue weighted by molar-refractivity contribution is 7.18. The number of aryl methyl sites for hydroxylation is 2. The molecule has 0 aromatic carbocycles. The number of aromatic nitrogens is 5. The highest BCUT2D eigenvalue weighted by atomic mass is 32.1. The van der Waals surface area contributed by atoms with Crippen molar-refractivity contribution in [1.29, 1.82) is 0 Å². The van der Waals surface area contributed by atoms with Crippen LogP contribution < -0.4 is 4.90 Å². The summed E-state index contributed by atoms with van der Waals surface area (Å²) in [6.45, 7) is 7.31. The monoisotopic (exact) mass is 330 g/mol. The summed E-state index contributed by atoms with van der Waals surface area (Å²) in [5.74, 6) is 1.02. The number of ether oxygens (including phenoxy) is 1. The van der Waals surface area contributed by atoms with Crippen LogP contribution in [0.5, 0.6) is 0 Å². The van der Waals surface area contributed by atoms with Crippen LogP contribution in [0, 0.1) is 13.8 Å². The fraction of sp³-hybridized carbons (Fsp3) is 0.467. The number of fused-ring (bicyclic) bond motifs is 1. The van der Waals surface area contributed by atoms with E-state index < -0.39 is 0 Å². The number of thiophene rings is 1. The van der Waals surface area contributed by atoms with Gasteiger partial charge in [0.05, 0.1) is 24.6 Å². The minimum atomic E-state index is 0.0792. The van der Waals surface area contributed by atoms with Crippen LogP contribution in [0.15, 0.2) is 19.0 Å². The lowest BCUT2D eigenvalue weighted by atomic mass is 10.2. The summed E-state index contributed by atoms with van der Waals surface area (Å²) >= 11 is 1.73. The van der Waals surface area contributed by atoms with Crippen molar-refractivity contribution in [3.05, 3.63) is 29.4 Å². The van der Waals surface area contributed by atoms with Crippen molar-refractivity contribution >= 4 is 27.4 Å². The zero-order valence-electron chi connectivity index (χ0n) is 13.1. The molecule has 0 bridgehead atoms. The van der Waals surface area contributed by atoms with Crippen LogP contribution in [0.3, 0.4) is 0 Å². The maximum Gasteiger partial charge on any atom is 0.141 e. The summed E-state index contributed by atoms with van der Waals surface area (Å²) in [6.07, 6.45) is 5.01. The molecule has 1 aliphatic rings. The summed E-state index contributed by atoms with van der Waals surface area (Å²) in [5.41, 5.74) is 1.28. The number of hydrogen-bond acceptors (Lipinski definition) is 7. The molecule has 7 nitrogen and oxygen atoms in total. The van der Waals surface area contributed by atoms with E-state index in [4.69, 9.17) is 4.74 Å². The second-order valence-electron chi connectivity index (χ2n) is 5.72. The predicted octanol–water partition coefficient (Wildman–Crippen LogP) is 1.81. The fourth-order valence-electron chi connectivity index (χ4n) is 2.96. The molecule has 0 amide bonds. The van der Waals surface area contributed by atoms with Gasteiger partial charge in [-0.05, 0) is 19.4 Å². The van der Waals surface area contributed by atoms with Gasteiger partial charge < -0.3 is 9.64 Å². The standard InChI is InChI=1S/C15H18N6OS/c1-10-11(2)23-15-13(10)14(17-8-18-15)20-3-4-22-12(5-20)6-21-9-16-7-19-21/h7-9,12H,3-6H2,1-2H3. The number of rotatable bonds is 3. The predicted molar refractivity (Wildman–Crippen MR) is 88.9 cm³/mol. The van der Waals surface area contributed by atoms with E-state index in [1.165, 1.54) is 15.8 Å². The zero-order chi connectivity index (χ0) is 15.8. The number of hydrogen-bond donors (Lipinski definition) is 0. The van der Waals surface area contributed by atoms with E-state index >= 15 is 0 Å². The van der Waals surface area contributed by atoms with E-state index in [-0.39, 0.29) is 6.10 Å². The van der Waals surface area contributed by atoms with E-state index in [1.54, 1.807) is 30.3 Å². The van der Waals surface area contributed by atoms with E-state index in [9.17, 15) is 0 Å². The normalized spacial score (nSPS) is 18.7. The van der Waals surface area contributed by atoms with Crippen LogP contribution in [0.2, 0.25) is 0 Å². The molecule has 0 N–H and O–H groups in total. The number of anilines is 1. The van der Waals surface area contributed by atoms with Crippen molar-refractivity contribution in [2.45, 2.75) is 26.5 Å². The summed E-state index contributed by atoms with van der Waals surface area (Å²) in [7, 11) is 0. The Bertz CT molecular complexity index is 815. The first-order chi connectivity index (χ1) is 11.2. The van der Waals surface area contributed by atoms with Gasteiger partial charge in [-0.1, -0.05) is 0 Å². The quantitative estimate of drug-likeness (QED) is 0.729. The van der Waals surface area contributed by atoms with E-state index in [1.807, 2.05) is 4.68 Å². The van der Waals surface area contributed by atoms with Crippen LogP contribution in [-0.4, -0.2) is 50.5 Å². The largest absolute Gasteiger partial charge is 0.373 e. The Morgan fingerprint density at radius 3 is 3.04 bits per heavy atom. The lowest BCUT2D eigenvalue weighted by Gasteiger charge is -2.34. The highest BCUT2D eigenvalue weighted by Crippen LogP contribution is 2.34. The lowest BCUT2D eigenvalue weighted by molar-refractivity contribution is 0.0272. The Labute approximate surface area is 137 Å². The Hall–Kier alpha value is -2.06. The molecule has 1 fully saturated rings. The minimum absolute atomic E-state index is 0.0792. The van der Waals surface area contributed by atoms with Crippen molar-refractivity contribution in [1.82, 2.24) is 24.7 Å². The molecule has 1 atom stereocenters. The van der Waals surface area contributed by atoms with Crippen LogP contribution in [-0.2, 0) is 11.3 Å². The molecule has 1 saturated heterocycles. The average molecular weight is 330 g/mol. The third kappa shape index (κ3) is 2.68. The van der Waals surface area contributed by atoms with Gasteiger partial charge in [-0.25, -0.2) is 15.0 Å². The fourth-order valence-corrected chi connectivity index (χ4v) is 3.95. The van der Waals surface area contributed by atoms with Crippen LogP contribution in [0.25, 0.3) is 10.2 Å². The molecule has 23 heavy (non-hydrogen) atoms. The smallest absolute Gasteiger partial charge is 0.141 e. The van der Waals surface area contributed by atoms with Crippen molar-refractivity contribution in [2.75, 3.05) is 24.6 Å². The van der Waals surface area contributed by atoms with Gasteiger partial charge in [0.1, 0.15) is 29.6 Å². The summed E-state index contributed by atoms with van der Waals surface area (Å²) in [4.78, 5) is 17.6. The van der Waals surface area contributed by atoms with Crippen LogP contribution in [0.1, 0.15) is 10.4 Å². The molecule has 3 aromatic heterocycles. The number of morpholine rings is 1. The molecular weight excluding hydrogens is 312 g/mol. The van der Waals surface area contributed by atoms with Crippen LogP contribution in [0.4, 0.5) is 5.82 Å². The van der Waals surface area contributed by atoms with Gasteiger partial charge in [-0.3, -0.25) is 4.68 Å². The topological polar surface area (TPSA) is 69.0 Å². The molecular formula is C15H18N6OS.